The molecule has 140 valence electrons. The van der Waals surface area contributed by atoms with Gasteiger partial charge in [0.2, 0.25) is 16.0 Å². The molecule has 7 nitrogen and oxygen atoms in total. The van der Waals surface area contributed by atoms with Gasteiger partial charge < -0.3 is 9.64 Å². The van der Waals surface area contributed by atoms with Crippen LogP contribution in [0.15, 0.2) is 39.8 Å². The summed E-state index contributed by atoms with van der Waals surface area (Å²) >= 11 is 3.31. The van der Waals surface area contributed by atoms with Crippen molar-refractivity contribution < 1.29 is 13.2 Å². The molecule has 3 rings (SSSR count). The Morgan fingerprint density at radius 1 is 1.27 bits per heavy atom. The standard InChI is InChI=1S/C17H21BrN4O3S/c1-2-25-15-6-5-13(18)11-16(15)26(23,24)20-12-14-7-8-19-17(21-14)22-9-3-4-10-22/h5-8,11,20H,2-4,9-10,12H2,1H3. The smallest absolute Gasteiger partial charge is 0.244 e. The zero-order chi connectivity index (χ0) is 18.6. The molecule has 0 saturated carbocycles. The van der Waals surface area contributed by atoms with Crippen LogP contribution in [0.3, 0.4) is 0 Å². The van der Waals surface area contributed by atoms with E-state index >= 15 is 0 Å². The van der Waals surface area contributed by atoms with Crippen LogP contribution in [0.25, 0.3) is 0 Å². The molecule has 1 aliphatic heterocycles. The third-order valence-corrected chi connectivity index (χ3v) is 5.94. The number of benzene rings is 1. The van der Waals surface area contributed by atoms with Crippen LogP contribution in [0.2, 0.25) is 0 Å². The zero-order valence-corrected chi connectivity index (χ0v) is 16.9. The van der Waals surface area contributed by atoms with Gasteiger partial charge in [-0.05, 0) is 44.0 Å². The normalized spacial score (nSPS) is 14.6. The van der Waals surface area contributed by atoms with E-state index in [1.165, 1.54) is 6.07 Å². The molecule has 0 aliphatic carbocycles. The van der Waals surface area contributed by atoms with Crippen molar-refractivity contribution in [1.29, 1.82) is 0 Å². The summed E-state index contributed by atoms with van der Waals surface area (Å²) in [6, 6.07) is 6.63. The first kappa shape index (κ1) is 19.1. The molecule has 26 heavy (non-hydrogen) atoms. The number of rotatable bonds is 7. The molecule has 0 atom stereocenters. The van der Waals surface area contributed by atoms with Gasteiger partial charge in [-0.15, -0.1) is 0 Å². The molecule has 9 heteroatoms. The Balaban J connectivity index is 1.76. The fraction of sp³-hybridized carbons (Fsp3) is 0.412. The Labute approximate surface area is 162 Å². The minimum atomic E-state index is -3.74. The molecule has 1 aliphatic rings. The molecule has 1 saturated heterocycles. The third-order valence-electron chi connectivity index (χ3n) is 4.03. The van der Waals surface area contributed by atoms with Crippen LogP contribution in [-0.2, 0) is 16.6 Å². The maximum Gasteiger partial charge on any atom is 0.244 e. The largest absolute Gasteiger partial charge is 0.492 e. The summed E-state index contributed by atoms with van der Waals surface area (Å²) in [7, 11) is -3.74. The number of ether oxygens (including phenoxy) is 1. The van der Waals surface area contributed by atoms with Crippen molar-refractivity contribution >= 4 is 31.9 Å². The Bertz CT molecular complexity index is 870. The molecule has 2 aromatic rings. The lowest BCUT2D eigenvalue weighted by molar-refractivity contribution is 0.331. The molecule has 0 amide bonds. The van der Waals surface area contributed by atoms with E-state index in [0.717, 1.165) is 25.9 Å². The lowest BCUT2D eigenvalue weighted by Gasteiger charge is -2.16. The predicted octanol–water partition coefficient (Wildman–Crippen LogP) is 2.72. The predicted molar refractivity (Wildman–Crippen MR) is 103 cm³/mol. The maximum atomic E-state index is 12.7. The van der Waals surface area contributed by atoms with Gasteiger partial charge >= 0.3 is 0 Å². The van der Waals surface area contributed by atoms with Gasteiger partial charge in [-0.3, -0.25) is 0 Å². The number of aromatic nitrogens is 2. The Morgan fingerprint density at radius 3 is 2.77 bits per heavy atom. The number of anilines is 1. The number of hydrogen-bond donors (Lipinski definition) is 1. The van der Waals surface area contributed by atoms with Crippen LogP contribution in [0.1, 0.15) is 25.5 Å². The summed E-state index contributed by atoms with van der Waals surface area (Å²) in [4.78, 5) is 11.0. The molecule has 0 unspecified atom stereocenters. The van der Waals surface area contributed by atoms with Crippen LogP contribution >= 0.6 is 15.9 Å². The molecule has 0 radical (unpaired) electrons. The van der Waals surface area contributed by atoms with Gasteiger partial charge in [0.15, 0.2) is 0 Å². The number of nitrogens with one attached hydrogen (secondary N) is 1. The second-order valence-corrected chi connectivity index (χ2v) is 8.54. The van der Waals surface area contributed by atoms with Gasteiger partial charge in [0.25, 0.3) is 0 Å². The molecule has 1 aromatic carbocycles. The Kier molecular flexibility index (Phi) is 6.10. The third kappa shape index (κ3) is 4.52. The van der Waals surface area contributed by atoms with Gasteiger partial charge in [0.1, 0.15) is 10.6 Å². The van der Waals surface area contributed by atoms with Crippen molar-refractivity contribution in [2.45, 2.75) is 31.2 Å². The van der Waals surface area contributed by atoms with Crippen molar-refractivity contribution in [2.75, 3.05) is 24.6 Å². The summed E-state index contributed by atoms with van der Waals surface area (Å²) in [5.74, 6) is 0.973. The highest BCUT2D eigenvalue weighted by Gasteiger charge is 2.21. The van der Waals surface area contributed by atoms with Gasteiger partial charge in [-0.2, -0.15) is 0 Å². The fourth-order valence-electron chi connectivity index (χ4n) is 2.77. The maximum absolute atomic E-state index is 12.7. The Hall–Kier alpha value is -1.71. The zero-order valence-electron chi connectivity index (χ0n) is 14.5. The van der Waals surface area contributed by atoms with E-state index in [-0.39, 0.29) is 11.4 Å². The lowest BCUT2D eigenvalue weighted by Crippen LogP contribution is -2.25. The minimum absolute atomic E-state index is 0.0871. The monoisotopic (exact) mass is 440 g/mol. The molecule has 1 N–H and O–H groups in total. The Morgan fingerprint density at radius 2 is 2.04 bits per heavy atom. The van der Waals surface area contributed by atoms with Crippen LogP contribution < -0.4 is 14.4 Å². The number of hydrogen-bond acceptors (Lipinski definition) is 6. The van der Waals surface area contributed by atoms with E-state index in [2.05, 4.69) is 35.5 Å². The first-order chi connectivity index (χ1) is 12.5. The van der Waals surface area contributed by atoms with Gasteiger partial charge in [0.05, 0.1) is 18.8 Å². The first-order valence-corrected chi connectivity index (χ1v) is 10.8. The molecule has 1 fully saturated rings. The van der Waals surface area contributed by atoms with Crippen LogP contribution in [-0.4, -0.2) is 38.1 Å². The highest BCUT2D eigenvalue weighted by molar-refractivity contribution is 9.10. The van der Waals surface area contributed by atoms with Crippen molar-refractivity contribution in [3.63, 3.8) is 0 Å². The highest BCUT2D eigenvalue weighted by atomic mass is 79.9. The summed E-state index contributed by atoms with van der Waals surface area (Å²) in [6.45, 7) is 4.15. The molecule has 0 spiro atoms. The van der Waals surface area contributed by atoms with Gasteiger partial charge in [-0.1, -0.05) is 15.9 Å². The molecular weight excluding hydrogens is 420 g/mol. The van der Waals surface area contributed by atoms with E-state index in [1.54, 1.807) is 24.4 Å². The lowest BCUT2D eigenvalue weighted by atomic mass is 10.3. The van der Waals surface area contributed by atoms with Crippen LogP contribution in [0.4, 0.5) is 5.95 Å². The first-order valence-electron chi connectivity index (χ1n) is 8.48. The quantitative estimate of drug-likeness (QED) is 0.712. The van der Waals surface area contributed by atoms with Gasteiger partial charge in [-0.25, -0.2) is 23.1 Å². The average molecular weight is 441 g/mol. The summed E-state index contributed by atoms with van der Waals surface area (Å²) in [6.07, 6.45) is 3.92. The molecule has 1 aromatic heterocycles. The second kappa shape index (κ2) is 8.32. The van der Waals surface area contributed by atoms with Crippen molar-refractivity contribution in [3.05, 3.63) is 40.6 Å². The average Bonchev–Trinajstić information content (AvgIpc) is 3.17. The van der Waals surface area contributed by atoms with Gasteiger partial charge in [0, 0.05) is 23.8 Å². The van der Waals surface area contributed by atoms with E-state index in [0.29, 0.717) is 28.5 Å². The van der Waals surface area contributed by atoms with Crippen LogP contribution in [0.5, 0.6) is 5.75 Å². The summed E-state index contributed by atoms with van der Waals surface area (Å²) in [5, 5.41) is 0. The minimum Gasteiger partial charge on any atom is -0.492 e. The van der Waals surface area contributed by atoms with E-state index in [1.807, 2.05) is 6.92 Å². The molecular formula is C17H21BrN4O3S. The van der Waals surface area contributed by atoms with Crippen molar-refractivity contribution in [1.82, 2.24) is 14.7 Å². The fourth-order valence-corrected chi connectivity index (χ4v) is 4.45. The van der Waals surface area contributed by atoms with Crippen molar-refractivity contribution in [3.8, 4) is 5.75 Å². The van der Waals surface area contributed by atoms with Crippen LogP contribution in [0, 0.1) is 0 Å². The number of nitrogens with zero attached hydrogens (tertiary/aromatic N) is 3. The van der Waals surface area contributed by atoms with E-state index in [9.17, 15) is 8.42 Å². The highest BCUT2D eigenvalue weighted by Crippen LogP contribution is 2.27. The van der Waals surface area contributed by atoms with E-state index in [4.69, 9.17) is 4.74 Å². The van der Waals surface area contributed by atoms with E-state index < -0.39 is 10.0 Å². The topological polar surface area (TPSA) is 84.4 Å². The summed E-state index contributed by atoms with van der Waals surface area (Å²) < 4.78 is 34.2. The number of halogens is 1. The summed E-state index contributed by atoms with van der Waals surface area (Å²) in [5.41, 5.74) is 0.624. The molecule has 0 bridgehead atoms. The second-order valence-electron chi connectivity index (χ2n) is 5.89. The SMILES string of the molecule is CCOc1ccc(Br)cc1S(=O)(=O)NCc1ccnc(N2CCCC2)n1. The van der Waals surface area contributed by atoms with Crippen molar-refractivity contribution in [2.24, 2.45) is 0 Å². The molecule has 2 heterocycles. The number of sulfonamides is 1.